The monoisotopic (exact) mass is 383 g/mol. The normalized spacial score (nSPS) is 17.1. The fourth-order valence-electron chi connectivity index (χ4n) is 3.72. The Morgan fingerprint density at radius 3 is 2.68 bits per heavy atom. The summed E-state index contributed by atoms with van der Waals surface area (Å²) in [5.74, 6) is -1.24. The summed E-state index contributed by atoms with van der Waals surface area (Å²) in [5.41, 5.74) is 2.07. The van der Waals surface area contributed by atoms with Crippen LogP contribution in [0.5, 0.6) is 0 Å². The summed E-state index contributed by atoms with van der Waals surface area (Å²) in [5, 5.41) is 15.4. The number of hydrogen-bond donors (Lipinski definition) is 3. The predicted octanol–water partition coefficient (Wildman–Crippen LogP) is 1.08. The number of anilines is 2. The second-order valence-corrected chi connectivity index (χ2v) is 7.33. The molecule has 0 aliphatic carbocycles. The maximum Gasteiger partial charge on any atom is 0.313 e. The van der Waals surface area contributed by atoms with Gasteiger partial charge in [0.25, 0.3) is 0 Å². The topological polar surface area (TPSA) is 112 Å². The van der Waals surface area contributed by atoms with Gasteiger partial charge in [-0.1, -0.05) is 0 Å². The molecule has 0 fully saturated rings. The molecule has 1 aromatic carbocycles. The molecule has 2 aliphatic heterocycles. The number of carbonyl (C=O) groups is 3. The molecule has 146 valence electrons. The molecule has 0 spiro atoms. The van der Waals surface area contributed by atoms with Crippen molar-refractivity contribution in [2.45, 2.75) is 31.8 Å². The number of rotatable bonds is 4. The molecule has 0 bridgehead atoms. The van der Waals surface area contributed by atoms with Crippen LogP contribution in [0.1, 0.15) is 30.2 Å². The largest absolute Gasteiger partial charge is 0.466 e. The molecule has 0 saturated heterocycles. The molecule has 8 heteroatoms. The number of aliphatic hydroxyl groups is 1. The Hall–Kier alpha value is -3.13. The Balaban J connectivity index is 1.42. The van der Waals surface area contributed by atoms with Crippen LogP contribution in [0.4, 0.5) is 11.4 Å². The molecule has 0 saturated carbocycles. The second-order valence-electron chi connectivity index (χ2n) is 7.33. The average Bonchev–Trinajstić information content (AvgIpc) is 3.34. The smallest absolute Gasteiger partial charge is 0.313 e. The van der Waals surface area contributed by atoms with Crippen LogP contribution in [0.25, 0.3) is 0 Å². The third-order valence-corrected chi connectivity index (χ3v) is 5.16. The highest BCUT2D eigenvalue weighted by Gasteiger charge is 2.32. The van der Waals surface area contributed by atoms with Crippen molar-refractivity contribution >= 4 is 29.1 Å². The van der Waals surface area contributed by atoms with Crippen molar-refractivity contribution in [1.82, 2.24) is 5.32 Å². The second kappa shape index (κ2) is 6.79. The molecule has 2 aliphatic rings. The molecule has 3 amide bonds. The zero-order chi connectivity index (χ0) is 19.9. The van der Waals surface area contributed by atoms with Crippen LogP contribution < -0.4 is 15.5 Å². The number of furan rings is 1. The van der Waals surface area contributed by atoms with E-state index in [0.29, 0.717) is 30.8 Å². The standard InChI is InChI=1S/C20H21N3O5/c1-20(27,15-3-2-8-28-15)11-21-18(25)19(26)22-14-9-12-4-5-16(24)23-7-6-13(10-14)17(12)23/h2-3,8-10,27H,4-7,11H2,1H3,(H,21,25)(H,22,26). The van der Waals surface area contributed by atoms with Crippen molar-refractivity contribution in [2.24, 2.45) is 0 Å². The summed E-state index contributed by atoms with van der Waals surface area (Å²) >= 11 is 0. The highest BCUT2D eigenvalue weighted by atomic mass is 16.4. The first-order chi connectivity index (χ1) is 13.3. The van der Waals surface area contributed by atoms with Gasteiger partial charge in [0, 0.05) is 18.7 Å². The first kappa shape index (κ1) is 18.2. The van der Waals surface area contributed by atoms with Crippen LogP contribution in [0.2, 0.25) is 0 Å². The van der Waals surface area contributed by atoms with Crippen LogP contribution in [0.15, 0.2) is 34.9 Å². The van der Waals surface area contributed by atoms with E-state index in [9.17, 15) is 19.5 Å². The third-order valence-electron chi connectivity index (χ3n) is 5.16. The number of benzene rings is 1. The third kappa shape index (κ3) is 3.27. The zero-order valence-corrected chi connectivity index (χ0v) is 15.4. The van der Waals surface area contributed by atoms with Gasteiger partial charge in [0.15, 0.2) is 0 Å². The molecule has 4 rings (SSSR count). The van der Waals surface area contributed by atoms with Crippen LogP contribution in [-0.2, 0) is 32.8 Å². The number of nitrogens with zero attached hydrogens (tertiary/aromatic N) is 1. The highest BCUT2D eigenvalue weighted by molar-refractivity contribution is 6.39. The number of nitrogens with one attached hydrogen (secondary N) is 2. The van der Waals surface area contributed by atoms with E-state index >= 15 is 0 Å². The lowest BCUT2D eigenvalue weighted by molar-refractivity contribution is -0.136. The van der Waals surface area contributed by atoms with E-state index in [1.54, 1.807) is 17.0 Å². The van der Waals surface area contributed by atoms with Crippen LogP contribution in [0.3, 0.4) is 0 Å². The van der Waals surface area contributed by atoms with Crippen LogP contribution in [-0.4, -0.2) is 35.9 Å². The summed E-state index contributed by atoms with van der Waals surface area (Å²) in [4.78, 5) is 38.2. The maximum absolute atomic E-state index is 12.3. The number of hydrogen-bond acceptors (Lipinski definition) is 5. The molecule has 0 radical (unpaired) electrons. The zero-order valence-electron chi connectivity index (χ0n) is 15.4. The van der Waals surface area contributed by atoms with Gasteiger partial charge in [0.1, 0.15) is 11.4 Å². The predicted molar refractivity (Wildman–Crippen MR) is 101 cm³/mol. The van der Waals surface area contributed by atoms with Gasteiger partial charge in [-0.05, 0) is 55.2 Å². The van der Waals surface area contributed by atoms with Crippen LogP contribution >= 0.6 is 0 Å². The Morgan fingerprint density at radius 2 is 1.96 bits per heavy atom. The van der Waals surface area contributed by atoms with E-state index in [2.05, 4.69) is 10.6 Å². The molecule has 3 N–H and O–H groups in total. The minimum absolute atomic E-state index is 0.131. The van der Waals surface area contributed by atoms with Crippen molar-refractivity contribution in [3.63, 3.8) is 0 Å². The average molecular weight is 383 g/mol. The van der Waals surface area contributed by atoms with Gasteiger partial charge in [-0.3, -0.25) is 14.4 Å². The van der Waals surface area contributed by atoms with E-state index < -0.39 is 17.4 Å². The molecule has 1 aromatic heterocycles. The first-order valence-corrected chi connectivity index (χ1v) is 9.17. The molecule has 2 aromatic rings. The van der Waals surface area contributed by atoms with Gasteiger partial charge < -0.3 is 25.1 Å². The van der Waals surface area contributed by atoms with Crippen molar-refractivity contribution in [3.8, 4) is 0 Å². The minimum atomic E-state index is -1.42. The highest BCUT2D eigenvalue weighted by Crippen LogP contribution is 2.38. The number of aryl methyl sites for hydroxylation is 1. The van der Waals surface area contributed by atoms with Gasteiger partial charge in [0.2, 0.25) is 5.91 Å². The molecular weight excluding hydrogens is 362 g/mol. The Labute approximate surface area is 161 Å². The molecule has 3 heterocycles. The van der Waals surface area contributed by atoms with E-state index in [-0.39, 0.29) is 12.5 Å². The lowest BCUT2D eigenvalue weighted by Crippen LogP contribution is -2.43. The van der Waals surface area contributed by atoms with E-state index in [1.807, 2.05) is 12.1 Å². The lowest BCUT2D eigenvalue weighted by atomic mass is 9.98. The summed E-state index contributed by atoms with van der Waals surface area (Å²) in [6.45, 7) is 1.97. The number of carbonyl (C=O) groups excluding carboxylic acids is 3. The lowest BCUT2D eigenvalue weighted by Gasteiger charge is -2.25. The summed E-state index contributed by atoms with van der Waals surface area (Å²) in [6.07, 6.45) is 3.23. The quantitative estimate of drug-likeness (QED) is 0.684. The molecule has 1 atom stereocenters. The Morgan fingerprint density at radius 1 is 1.21 bits per heavy atom. The van der Waals surface area contributed by atoms with Gasteiger partial charge in [0.05, 0.1) is 18.5 Å². The molecule has 1 unspecified atom stereocenters. The van der Waals surface area contributed by atoms with E-state index in [0.717, 1.165) is 23.2 Å². The Kier molecular flexibility index (Phi) is 4.43. The molecular formula is C20H21N3O5. The maximum atomic E-state index is 12.3. The minimum Gasteiger partial charge on any atom is -0.466 e. The Bertz CT molecular complexity index is 949. The first-order valence-electron chi connectivity index (χ1n) is 9.17. The van der Waals surface area contributed by atoms with Gasteiger partial charge in [-0.2, -0.15) is 0 Å². The SMILES string of the molecule is CC(O)(CNC(=O)C(=O)Nc1cc2c3c(c1)CCN3C(=O)CC2)c1ccco1. The van der Waals surface area contributed by atoms with Gasteiger partial charge >= 0.3 is 11.8 Å². The fourth-order valence-corrected chi connectivity index (χ4v) is 3.72. The fraction of sp³-hybridized carbons (Fsp3) is 0.350. The van der Waals surface area contributed by atoms with E-state index in [1.165, 1.54) is 13.2 Å². The van der Waals surface area contributed by atoms with Crippen molar-refractivity contribution < 1.29 is 23.9 Å². The van der Waals surface area contributed by atoms with Gasteiger partial charge in [-0.15, -0.1) is 0 Å². The summed E-state index contributed by atoms with van der Waals surface area (Å²) < 4.78 is 5.15. The summed E-state index contributed by atoms with van der Waals surface area (Å²) in [7, 11) is 0. The number of amides is 3. The molecule has 28 heavy (non-hydrogen) atoms. The summed E-state index contributed by atoms with van der Waals surface area (Å²) in [6, 6.07) is 6.85. The van der Waals surface area contributed by atoms with Crippen LogP contribution in [0, 0.1) is 0 Å². The van der Waals surface area contributed by atoms with Gasteiger partial charge in [-0.25, -0.2) is 0 Å². The van der Waals surface area contributed by atoms with Crippen molar-refractivity contribution in [1.29, 1.82) is 0 Å². The van der Waals surface area contributed by atoms with E-state index in [4.69, 9.17) is 4.42 Å². The van der Waals surface area contributed by atoms with Crippen molar-refractivity contribution in [2.75, 3.05) is 23.3 Å². The van der Waals surface area contributed by atoms with Crippen molar-refractivity contribution in [3.05, 3.63) is 47.4 Å². The molecule has 8 nitrogen and oxygen atoms in total.